The van der Waals surface area contributed by atoms with E-state index in [1.54, 1.807) is 32.9 Å². The summed E-state index contributed by atoms with van der Waals surface area (Å²) in [6, 6.07) is 3.31. The summed E-state index contributed by atoms with van der Waals surface area (Å²) in [4.78, 5) is 15.9. The molecule has 6 heteroatoms. The second-order valence-electron chi connectivity index (χ2n) is 4.68. The molecule has 2 aromatic rings. The fourth-order valence-electron chi connectivity index (χ4n) is 1.38. The van der Waals surface area contributed by atoms with E-state index < -0.39 is 11.7 Å². The zero-order valence-corrected chi connectivity index (χ0v) is 9.97. The average molecular weight is 234 g/mol. The van der Waals surface area contributed by atoms with Gasteiger partial charge in [-0.2, -0.15) is 9.78 Å². The van der Waals surface area contributed by atoms with Gasteiger partial charge in [0.15, 0.2) is 0 Å². The van der Waals surface area contributed by atoms with Crippen molar-refractivity contribution in [2.24, 2.45) is 0 Å². The number of hydrogen-bond acceptors (Lipinski definition) is 5. The number of nitrogens with zero attached hydrogens (tertiary/aromatic N) is 3. The van der Waals surface area contributed by atoms with Crippen LogP contribution in [0.15, 0.2) is 18.3 Å². The fourth-order valence-corrected chi connectivity index (χ4v) is 1.38. The second kappa shape index (κ2) is 3.73. The second-order valence-corrected chi connectivity index (χ2v) is 4.68. The summed E-state index contributed by atoms with van der Waals surface area (Å²) in [7, 11) is 0. The number of nitrogens with two attached hydrogens (primary N) is 1. The van der Waals surface area contributed by atoms with Crippen molar-refractivity contribution in [3.63, 3.8) is 0 Å². The van der Waals surface area contributed by atoms with Crippen molar-refractivity contribution in [3.05, 3.63) is 18.3 Å². The van der Waals surface area contributed by atoms with Crippen molar-refractivity contribution in [3.8, 4) is 0 Å². The smallest absolute Gasteiger partial charge is 0.435 e. The predicted molar refractivity (Wildman–Crippen MR) is 63.6 cm³/mol. The zero-order chi connectivity index (χ0) is 12.6. The lowest BCUT2D eigenvalue weighted by Crippen LogP contribution is -2.27. The van der Waals surface area contributed by atoms with Gasteiger partial charge < -0.3 is 10.5 Å². The molecule has 0 aliphatic heterocycles. The first-order chi connectivity index (χ1) is 7.87. The number of pyridine rings is 1. The van der Waals surface area contributed by atoms with Crippen molar-refractivity contribution in [2.75, 3.05) is 5.73 Å². The summed E-state index contributed by atoms with van der Waals surface area (Å²) in [5.41, 5.74) is 6.13. The highest BCUT2D eigenvalue weighted by Gasteiger charge is 2.20. The first-order valence-corrected chi connectivity index (χ1v) is 5.20. The molecule has 17 heavy (non-hydrogen) atoms. The molecule has 0 spiro atoms. The number of anilines is 1. The van der Waals surface area contributed by atoms with Gasteiger partial charge in [0.05, 0.1) is 11.7 Å². The quantitative estimate of drug-likeness (QED) is 0.751. The van der Waals surface area contributed by atoms with E-state index in [-0.39, 0.29) is 0 Å². The van der Waals surface area contributed by atoms with Crippen LogP contribution in [0.4, 0.5) is 10.6 Å². The Labute approximate surface area is 98.4 Å². The molecule has 2 rings (SSSR count). The number of nitrogen functional groups attached to an aromatic ring is 1. The molecule has 2 N–H and O–H groups in total. The van der Waals surface area contributed by atoms with Gasteiger partial charge in [-0.05, 0) is 32.9 Å². The maximum Gasteiger partial charge on any atom is 0.435 e. The van der Waals surface area contributed by atoms with E-state index >= 15 is 0 Å². The molecule has 0 aliphatic rings. The van der Waals surface area contributed by atoms with Crippen LogP contribution in [0.5, 0.6) is 0 Å². The van der Waals surface area contributed by atoms with Crippen molar-refractivity contribution in [1.82, 2.24) is 14.8 Å². The highest BCUT2D eigenvalue weighted by Crippen LogP contribution is 2.15. The third-order valence-corrected chi connectivity index (χ3v) is 2.01. The van der Waals surface area contributed by atoms with Crippen LogP contribution >= 0.6 is 0 Å². The molecule has 0 aromatic carbocycles. The normalized spacial score (nSPS) is 11.7. The van der Waals surface area contributed by atoms with Gasteiger partial charge in [-0.25, -0.2) is 9.78 Å². The molecule has 90 valence electrons. The van der Waals surface area contributed by atoms with E-state index in [2.05, 4.69) is 10.1 Å². The summed E-state index contributed by atoms with van der Waals surface area (Å²) in [6.07, 6.45) is 0.953. The van der Waals surface area contributed by atoms with Gasteiger partial charge in [0.25, 0.3) is 0 Å². The molecular formula is C11H14N4O2. The highest BCUT2D eigenvalue weighted by atomic mass is 16.6. The minimum atomic E-state index is -0.559. The molecular weight excluding hydrogens is 220 g/mol. The average Bonchev–Trinajstić information content (AvgIpc) is 2.57. The van der Waals surface area contributed by atoms with Crippen LogP contribution in [0.25, 0.3) is 11.0 Å². The summed E-state index contributed by atoms with van der Waals surface area (Å²) < 4.78 is 6.40. The largest absolute Gasteiger partial charge is 0.442 e. The van der Waals surface area contributed by atoms with E-state index in [0.717, 1.165) is 0 Å². The Balaban J connectivity index is 2.40. The van der Waals surface area contributed by atoms with Gasteiger partial charge in [0.2, 0.25) is 0 Å². The minimum absolute atomic E-state index is 0.390. The van der Waals surface area contributed by atoms with Crippen molar-refractivity contribution >= 4 is 22.9 Å². The molecule has 0 unspecified atom stereocenters. The maximum atomic E-state index is 11.8. The minimum Gasteiger partial charge on any atom is -0.442 e. The number of carbonyl (C=O) groups excluding carboxylic acids is 1. The van der Waals surface area contributed by atoms with Crippen molar-refractivity contribution in [1.29, 1.82) is 0 Å². The molecule has 0 saturated heterocycles. The van der Waals surface area contributed by atoms with E-state index in [9.17, 15) is 4.79 Å². The predicted octanol–water partition coefficient (Wildman–Crippen LogP) is 1.80. The Bertz CT molecular complexity index is 568. The molecule has 0 aliphatic carbocycles. The van der Waals surface area contributed by atoms with E-state index in [1.165, 1.54) is 10.9 Å². The van der Waals surface area contributed by atoms with Crippen LogP contribution in [0.2, 0.25) is 0 Å². The van der Waals surface area contributed by atoms with Gasteiger partial charge in [0.1, 0.15) is 16.9 Å². The van der Waals surface area contributed by atoms with Crippen molar-refractivity contribution < 1.29 is 9.53 Å². The van der Waals surface area contributed by atoms with Crippen LogP contribution in [-0.2, 0) is 4.74 Å². The molecule has 0 amide bonds. The van der Waals surface area contributed by atoms with E-state index in [0.29, 0.717) is 16.9 Å². The van der Waals surface area contributed by atoms with Crippen LogP contribution in [-0.4, -0.2) is 26.5 Å². The lowest BCUT2D eigenvalue weighted by atomic mass is 10.2. The molecule has 2 aromatic heterocycles. The lowest BCUT2D eigenvalue weighted by molar-refractivity contribution is 0.0522. The Kier molecular flexibility index (Phi) is 2.49. The first-order valence-electron chi connectivity index (χ1n) is 5.20. The third kappa shape index (κ3) is 2.35. The topological polar surface area (TPSA) is 83.0 Å². The van der Waals surface area contributed by atoms with Gasteiger partial charge in [0, 0.05) is 0 Å². The fraction of sp³-hybridized carbons (Fsp3) is 0.364. The van der Waals surface area contributed by atoms with E-state index in [1.807, 2.05) is 0 Å². The SMILES string of the molecule is CC(C)(C)OC(=O)n1ncc2nc(N)ccc21. The van der Waals surface area contributed by atoms with Gasteiger partial charge in [-0.15, -0.1) is 0 Å². The zero-order valence-electron chi connectivity index (χ0n) is 9.97. The molecule has 0 fully saturated rings. The van der Waals surface area contributed by atoms with Crippen LogP contribution in [0.3, 0.4) is 0 Å². The van der Waals surface area contributed by atoms with Crippen LogP contribution in [0, 0.1) is 0 Å². The van der Waals surface area contributed by atoms with Crippen LogP contribution in [0.1, 0.15) is 20.8 Å². The summed E-state index contributed by atoms with van der Waals surface area (Å²) in [5.74, 6) is 0.390. The number of ether oxygens (including phenoxy) is 1. The summed E-state index contributed by atoms with van der Waals surface area (Å²) in [6.45, 7) is 5.40. The number of aromatic nitrogens is 3. The lowest BCUT2D eigenvalue weighted by Gasteiger charge is -2.19. The summed E-state index contributed by atoms with van der Waals surface area (Å²) >= 11 is 0. The Morgan fingerprint density at radius 3 is 2.76 bits per heavy atom. The van der Waals surface area contributed by atoms with Crippen molar-refractivity contribution in [2.45, 2.75) is 26.4 Å². The van der Waals surface area contributed by atoms with Gasteiger partial charge >= 0.3 is 6.09 Å². The number of carbonyl (C=O) groups is 1. The standard InChI is InChI=1S/C11H14N4O2/c1-11(2,3)17-10(16)15-8-4-5-9(12)14-7(8)6-13-15/h4-6H,1-3H3,(H2,12,14). The Hall–Kier alpha value is -2.11. The van der Waals surface area contributed by atoms with E-state index in [4.69, 9.17) is 10.5 Å². The third-order valence-electron chi connectivity index (χ3n) is 2.01. The molecule has 0 radical (unpaired) electrons. The van der Waals surface area contributed by atoms with Gasteiger partial charge in [-0.1, -0.05) is 0 Å². The number of rotatable bonds is 0. The molecule has 0 saturated carbocycles. The molecule has 0 atom stereocenters. The Morgan fingerprint density at radius 1 is 1.41 bits per heavy atom. The maximum absolute atomic E-state index is 11.8. The Morgan fingerprint density at radius 2 is 2.12 bits per heavy atom. The molecule has 0 bridgehead atoms. The molecule has 2 heterocycles. The molecule has 6 nitrogen and oxygen atoms in total. The van der Waals surface area contributed by atoms with Gasteiger partial charge in [-0.3, -0.25) is 0 Å². The monoisotopic (exact) mass is 234 g/mol. The number of hydrogen-bond donors (Lipinski definition) is 1. The van der Waals surface area contributed by atoms with Crippen LogP contribution < -0.4 is 5.73 Å². The number of fused-ring (bicyclic) bond motifs is 1. The summed E-state index contributed by atoms with van der Waals surface area (Å²) in [5, 5.41) is 3.94. The highest BCUT2D eigenvalue weighted by molar-refractivity contribution is 5.86. The first kappa shape index (κ1) is 11.4.